The largest absolute Gasteiger partial charge is 0.378 e. The molecule has 0 amide bonds. The summed E-state index contributed by atoms with van der Waals surface area (Å²) in [7, 11) is 0. The summed E-state index contributed by atoms with van der Waals surface area (Å²) in [6, 6.07) is 14.6. The van der Waals surface area contributed by atoms with Crippen molar-refractivity contribution in [1.29, 1.82) is 0 Å². The maximum atomic E-state index is 13.7. The lowest BCUT2D eigenvalue weighted by Gasteiger charge is -2.45. The molecule has 0 N–H and O–H groups in total. The van der Waals surface area contributed by atoms with Crippen LogP contribution < -0.4 is 0 Å². The zero-order valence-corrected chi connectivity index (χ0v) is 14.8. The average Bonchev–Trinajstić information content (AvgIpc) is 2.55. The number of rotatable bonds is 3. The van der Waals surface area contributed by atoms with Crippen LogP contribution in [0, 0.1) is 19.7 Å². The molecule has 2 nitrogen and oxygen atoms in total. The maximum absolute atomic E-state index is 13.7. The van der Waals surface area contributed by atoms with E-state index in [1.165, 1.54) is 16.7 Å². The van der Waals surface area contributed by atoms with Crippen LogP contribution in [0.2, 0.25) is 0 Å². The third kappa shape index (κ3) is 3.26. The van der Waals surface area contributed by atoms with Crippen LogP contribution in [0.25, 0.3) is 5.57 Å². The second-order valence-corrected chi connectivity index (χ2v) is 7.23. The molecule has 130 valence electrons. The Hall–Kier alpha value is -1.97. The van der Waals surface area contributed by atoms with Crippen LogP contribution >= 0.6 is 0 Å². The Morgan fingerprint density at radius 3 is 2.48 bits per heavy atom. The molecule has 2 heterocycles. The third-order valence-corrected chi connectivity index (χ3v) is 5.37. The lowest BCUT2D eigenvalue weighted by molar-refractivity contribution is -0.0402. The van der Waals surface area contributed by atoms with Crippen molar-refractivity contribution in [2.75, 3.05) is 13.2 Å². The van der Waals surface area contributed by atoms with Gasteiger partial charge in [0.05, 0.1) is 19.3 Å². The predicted octanol–water partition coefficient (Wildman–Crippen LogP) is 4.50. The van der Waals surface area contributed by atoms with Crippen LogP contribution in [0.15, 0.2) is 48.5 Å². The van der Waals surface area contributed by atoms with Crippen LogP contribution in [0.1, 0.15) is 28.7 Å². The molecule has 0 aliphatic carbocycles. The van der Waals surface area contributed by atoms with Crippen LogP contribution in [0.4, 0.5) is 4.39 Å². The van der Waals surface area contributed by atoms with Gasteiger partial charge in [-0.25, -0.2) is 4.39 Å². The number of ether oxygens (including phenoxy) is 1. The van der Waals surface area contributed by atoms with Gasteiger partial charge in [-0.2, -0.15) is 0 Å². The standard InChI is InChI=1S/C22H24FNO/c1-15-8-19(23)9-16(2)22(15)18-10-20-13-25-14-21(11-18)24(20)12-17-6-4-3-5-7-17/h3-10,20-21H,11-14H2,1-2H3. The highest BCUT2D eigenvalue weighted by atomic mass is 19.1. The number of benzene rings is 2. The highest BCUT2D eigenvalue weighted by molar-refractivity contribution is 5.72. The van der Waals surface area contributed by atoms with Crippen molar-refractivity contribution in [1.82, 2.24) is 4.90 Å². The van der Waals surface area contributed by atoms with Crippen LogP contribution in [-0.4, -0.2) is 30.2 Å². The molecule has 3 heteroatoms. The van der Waals surface area contributed by atoms with Crippen molar-refractivity contribution < 1.29 is 9.13 Å². The molecule has 2 unspecified atom stereocenters. The van der Waals surface area contributed by atoms with Gasteiger partial charge in [0.1, 0.15) is 5.82 Å². The van der Waals surface area contributed by atoms with E-state index in [0.29, 0.717) is 6.04 Å². The van der Waals surface area contributed by atoms with Gasteiger partial charge in [0.15, 0.2) is 0 Å². The van der Waals surface area contributed by atoms with E-state index in [2.05, 4.69) is 41.3 Å². The molecule has 2 aliphatic rings. The predicted molar refractivity (Wildman–Crippen MR) is 98.8 cm³/mol. The lowest BCUT2D eigenvalue weighted by atomic mass is 9.85. The van der Waals surface area contributed by atoms with E-state index < -0.39 is 0 Å². The molecule has 0 aromatic heterocycles. The van der Waals surface area contributed by atoms with Gasteiger partial charge < -0.3 is 4.74 Å². The molecule has 2 aromatic rings. The topological polar surface area (TPSA) is 12.5 Å². The van der Waals surface area contributed by atoms with E-state index >= 15 is 0 Å². The van der Waals surface area contributed by atoms with Crippen molar-refractivity contribution in [3.63, 3.8) is 0 Å². The van der Waals surface area contributed by atoms with Crippen LogP contribution in [-0.2, 0) is 11.3 Å². The minimum atomic E-state index is -0.149. The van der Waals surface area contributed by atoms with Gasteiger partial charge in [0, 0.05) is 12.6 Å². The number of halogens is 1. The smallest absolute Gasteiger partial charge is 0.123 e. The summed E-state index contributed by atoms with van der Waals surface area (Å²) in [5, 5.41) is 0. The minimum absolute atomic E-state index is 0.149. The maximum Gasteiger partial charge on any atom is 0.123 e. The molecule has 2 aliphatic heterocycles. The fraction of sp³-hybridized carbons (Fsp3) is 0.364. The summed E-state index contributed by atoms with van der Waals surface area (Å²) in [5.41, 5.74) is 5.96. The van der Waals surface area contributed by atoms with Crippen molar-refractivity contribution in [3.05, 3.63) is 76.6 Å². The number of aryl methyl sites for hydroxylation is 2. The van der Waals surface area contributed by atoms with Gasteiger partial charge in [0.2, 0.25) is 0 Å². The van der Waals surface area contributed by atoms with Gasteiger partial charge in [-0.1, -0.05) is 36.4 Å². The molecule has 2 atom stereocenters. The fourth-order valence-electron chi connectivity index (χ4n) is 4.30. The minimum Gasteiger partial charge on any atom is -0.378 e. The van der Waals surface area contributed by atoms with Gasteiger partial charge in [-0.05, 0) is 60.2 Å². The summed E-state index contributed by atoms with van der Waals surface area (Å²) in [5.74, 6) is -0.149. The summed E-state index contributed by atoms with van der Waals surface area (Å²) >= 11 is 0. The quantitative estimate of drug-likeness (QED) is 0.818. The summed E-state index contributed by atoms with van der Waals surface area (Å²) in [4.78, 5) is 2.55. The highest BCUT2D eigenvalue weighted by Crippen LogP contribution is 2.36. The van der Waals surface area contributed by atoms with Crippen molar-refractivity contribution in [2.24, 2.45) is 0 Å². The Morgan fingerprint density at radius 2 is 1.80 bits per heavy atom. The first-order chi connectivity index (χ1) is 12.1. The van der Waals surface area contributed by atoms with Crippen LogP contribution in [0.5, 0.6) is 0 Å². The second kappa shape index (κ2) is 6.74. The number of morpholine rings is 1. The average molecular weight is 337 g/mol. The SMILES string of the molecule is Cc1cc(F)cc(C)c1C1=CC2COCC(C1)N2Cc1ccccc1. The van der Waals surface area contributed by atoms with Gasteiger partial charge in [-0.15, -0.1) is 0 Å². The number of hydrogen-bond donors (Lipinski definition) is 0. The molecular weight excluding hydrogens is 313 g/mol. The third-order valence-electron chi connectivity index (χ3n) is 5.37. The first kappa shape index (κ1) is 16.5. The highest BCUT2D eigenvalue weighted by Gasteiger charge is 2.35. The molecule has 25 heavy (non-hydrogen) atoms. The number of nitrogens with zero attached hydrogens (tertiary/aromatic N) is 1. The Bertz CT molecular complexity index is 776. The van der Waals surface area contributed by atoms with E-state index in [1.807, 2.05) is 13.8 Å². The second-order valence-electron chi connectivity index (χ2n) is 7.23. The number of hydrogen-bond acceptors (Lipinski definition) is 2. The molecule has 2 aromatic carbocycles. The molecular formula is C22H24FNO. The normalized spacial score (nSPS) is 23.4. The summed E-state index contributed by atoms with van der Waals surface area (Å²) in [6.07, 6.45) is 3.29. The van der Waals surface area contributed by atoms with E-state index in [4.69, 9.17) is 4.74 Å². The Balaban J connectivity index is 1.66. The molecule has 0 spiro atoms. The van der Waals surface area contributed by atoms with E-state index in [9.17, 15) is 4.39 Å². The van der Waals surface area contributed by atoms with Crippen LogP contribution in [0.3, 0.4) is 0 Å². The molecule has 1 saturated heterocycles. The lowest BCUT2D eigenvalue weighted by Crippen LogP contribution is -2.53. The van der Waals surface area contributed by atoms with E-state index in [1.54, 1.807) is 12.1 Å². The summed E-state index contributed by atoms with van der Waals surface area (Å²) < 4.78 is 19.5. The van der Waals surface area contributed by atoms with Crippen molar-refractivity contribution in [2.45, 2.75) is 38.9 Å². The van der Waals surface area contributed by atoms with Gasteiger partial charge in [0.25, 0.3) is 0 Å². The Labute approximate surface area is 148 Å². The molecule has 1 fully saturated rings. The first-order valence-corrected chi connectivity index (χ1v) is 8.97. The van der Waals surface area contributed by atoms with Gasteiger partial charge in [-0.3, -0.25) is 4.90 Å². The van der Waals surface area contributed by atoms with E-state index in [0.717, 1.165) is 37.3 Å². The molecule has 0 saturated carbocycles. The van der Waals surface area contributed by atoms with Crippen molar-refractivity contribution >= 4 is 5.57 Å². The molecule has 4 rings (SSSR count). The number of fused-ring (bicyclic) bond motifs is 2. The zero-order chi connectivity index (χ0) is 17.4. The zero-order valence-electron chi connectivity index (χ0n) is 14.8. The summed E-state index contributed by atoms with van der Waals surface area (Å²) in [6.45, 7) is 6.46. The Kier molecular flexibility index (Phi) is 4.45. The monoisotopic (exact) mass is 337 g/mol. The molecule has 0 radical (unpaired) electrons. The fourth-order valence-corrected chi connectivity index (χ4v) is 4.30. The Morgan fingerprint density at radius 1 is 1.08 bits per heavy atom. The van der Waals surface area contributed by atoms with Gasteiger partial charge >= 0.3 is 0 Å². The molecule has 2 bridgehead atoms. The van der Waals surface area contributed by atoms with Crippen molar-refractivity contribution in [3.8, 4) is 0 Å². The first-order valence-electron chi connectivity index (χ1n) is 8.97. The van der Waals surface area contributed by atoms with E-state index in [-0.39, 0.29) is 11.9 Å².